The molecule has 0 aliphatic carbocycles. The van der Waals surface area contributed by atoms with E-state index < -0.39 is 10.0 Å². The Morgan fingerprint density at radius 1 is 1.03 bits per heavy atom. The number of nitrogens with one attached hydrogen (secondary N) is 1. The Balaban J connectivity index is 0.000000283. The number of carbonyl (C=O) groups is 2. The summed E-state index contributed by atoms with van der Waals surface area (Å²) in [5, 5.41) is 2.63. The first-order valence-corrected chi connectivity index (χ1v) is 13.4. The predicted molar refractivity (Wildman–Crippen MR) is 137 cm³/mol. The van der Waals surface area contributed by atoms with Gasteiger partial charge >= 0.3 is 0 Å². The molecule has 3 rings (SSSR count). The Morgan fingerprint density at radius 2 is 1.63 bits per heavy atom. The molecule has 1 N–H and O–H groups in total. The van der Waals surface area contributed by atoms with Crippen LogP contribution in [0.25, 0.3) is 0 Å². The van der Waals surface area contributed by atoms with Gasteiger partial charge < -0.3 is 15.0 Å². The maximum Gasteiger partial charge on any atom is 0.243 e. The number of piperazine rings is 1. The molecule has 8 nitrogen and oxygen atoms in total. The fourth-order valence-corrected chi connectivity index (χ4v) is 4.92. The number of amides is 2. The zero-order chi connectivity index (χ0) is 25.8. The number of nitrogens with zero attached hydrogens (tertiary/aromatic N) is 2. The van der Waals surface area contributed by atoms with Crippen molar-refractivity contribution in [3.8, 4) is 5.75 Å². The van der Waals surface area contributed by atoms with Gasteiger partial charge in [0.25, 0.3) is 0 Å². The van der Waals surface area contributed by atoms with Crippen molar-refractivity contribution in [2.75, 3.05) is 32.8 Å². The molecule has 1 aliphatic heterocycles. The van der Waals surface area contributed by atoms with E-state index >= 15 is 0 Å². The van der Waals surface area contributed by atoms with Gasteiger partial charge in [-0.05, 0) is 47.7 Å². The number of carbonyl (C=O) groups excluding carboxylic acids is 2. The standard InChI is InChI=1S/C15H22N2O4S.C11H15NO/c1-3-12-21-14-4-6-15(7-5-14)22(19,20)17-10-8-16(9-11-17)13(2)18;1-9(2)11-5-3-10(4-6-11)7-12-8-13/h4-7H,3,8-12H2,1-2H3;3-6,8-9H,7H2,1-2H3,(H,12,13). The van der Waals surface area contributed by atoms with Crippen LogP contribution in [-0.2, 0) is 26.2 Å². The van der Waals surface area contributed by atoms with Crippen molar-refractivity contribution >= 4 is 22.3 Å². The van der Waals surface area contributed by atoms with E-state index in [0.717, 1.165) is 18.4 Å². The minimum Gasteiger partial charge on any atom is -0.494 e. The highest BCUT2D eigenvalue weighted by molar-refractivity contribution is 7.89. The second-order valence-corrected chi connectivity index (χ2v) is 10.6. The third kappa shape index (κ3) is 8.67. The molecule has 0 spiro atoms. The molecule has 0 aromatic heterocycles. The van der Waals surface area contributed by atoms with E-state index in [-0.39, 0.29) is 10.8 Å². The zero-order valence-corrected chi connectivity index (χ0v) is 21.9. The van der Waals surface area contributed by atoms with Crippen LogP contribution in [0.15, 0.2) is 53.4 Å². The summed E-state index contributed by atoms with van der Waals surface area (Å²) in [6, 6.07) is 14.8. The first-order valence-electron chi connectivity index (χ1n) is 11.9. The average Bonchev–Trinajstić information content (AvgIpc) is 2.87. The first-order chi connectivity index (χ1) is 16.7. The van der Waals surface area contributed by atoms with Crippen LogP contribution in [0.4, 0.5) is 0 Å². The molecule has 1 fully saturated rings. The summed E-state index contributed by atoms with van der Waals surface area (Å²) in [4.78, 5) is 23.3. The Hall–Kier alpha value is -2.91. The molecule has 1 heterocycles. The third-order valence-corrected chi connectivity index (χ3v) is 7.57. The number of hydrogen-bond donors (Lipinski definition) is 1. The summed E-state index contributed by atoms with van der Waals surface area (Å²) in [5.74, 6) is 1.21. The fourth-order valence-electron chi connectivity index (χ4n) is 3.50. The molecule has 0 unspecified atom stereocenters. The molecule has 2 aromatic carbocycles. The van der Waals surface area contributed by atoms with Crippen molar-refractivity contribution in [1.29, 1.82) is 0 Å². The Morgan fingerprint density at radius 3 is 2.11 bits per heavy atom. The van der Waals surface area contributed by atoms with E-state index in [1.807, 2.05) is 19.1 Å². The number of rotatable bonds is 9. The van der Waals surface area contributed by atoms with Crippen molar-refractivity contribution in [2.24, 2.45) is 0 Å². The third-order valence-electron chi connectivity index (χ3n) is 5.65. The molecule has 0 radical (unpaired) electrons. The van der Waals surface area contributed by atoms with Crippen LogP contribution >= 0.6 is 0 Å². The normalized spacial score (nSPS) is 14.1. The lowest BCUT2D eigenvalue weighted by Gasteiger charge is -2.33. The number of ether oxygens (including phenoxy) is 1. The maximum absolute atomic E-state index is 12.6. The minimum absolute atomic E-state index is 0.0190. The lowest BCUT2D eigenvalue weighted by atomic mass is 10.0. The van der Waals surface area contributed by atoms with Crippen LogP contribution < -0.4 is 10.1 Å². The van der Waals surface area contributed by atoms with E-state index in [4.69, 9.17) is 4.74 Å². The summed E-state index contributed by atoms with van der Waals surface area (Å²) in [6.07, 6.45) is 1.62. The van der Waals surface area contributed by atoms with Gasteiger partial charge in [-0.25, -0.2) is 8.42 Å². The Kier molecular flexibility index (Phi) is 11.2. The SMILES string of the molecule is CC(C)c1ccc(CNC=O)cc1.CCCOc1ccc(S(=O)(=O)N2CCN(C(C)=O)CC2)cc1. The van der Waals surface area contributed by atoms with Crippen molar-refractivity contribution in [1.82, 2.24) is 14.5 Å². The molecular formula is C26H37N3O5S. The van der Waals surface area contributed by atoms with Crippen molar-refractivity contribution in [2.45, 2.75) is 51.5 Å². The summed E-state index contributed by atoms with van der Waals surface area (Å²) >= 11 is 0. The first kappa shape index (κ1) is 28.3. The number of hydrogen-bond acceptors (Lipinski definition) is 5. The second kappa shape index (κ2) is 13.8. The van der Waals surface area contributed by atoms with Gasteiger partial charge in [0.05, 0.1) is 11.5 Å². The number of sulfonamides is 1. The van der Waals surface area contributed by atoms with Crippen LogP contribution in [-0.4, -0.2) is 62.7 Å². The van der Waals surface area contributed by atoms with Crippen LogP contribution in [0.3, 0.4) is 0 Å². The van der Waals surface area contributed by atoms with E-state index in [2.05, 4.69) is 31.3 Å². The minimum atomic E-state index is -3.51. The Bertz CT molecular complexity index is 1030. The molecule has 0 atom stereocenters. The van der Waals surface area contributed by atoms with Gasteiger partial charge in [0, 0.05) is 39.6 Å². The highest BCUT2D eigenvalue weighted by Gasteiger charge is 2.29. The van der Waals surface area contributed by atoms with Gasteiger partial charge in [-0.15, -0.1) is 0 Å². The van der Waals surface area contributed by atoms with Crippen LogP contribution in [0.2, 0.25) is 0 Å². The molecule has 0 saturated carbocycles. The molecule has 2 aromatic rings. The highest BCUT2D eigenvalue weighted by Crippen LogP contribution is 2.21. The maximum atomic E-state index is 12.6. The molecule has 2 amide bonds. The van der Waals surface area contributed by atoms with Gasteiger partial charge in [0.15, 0.2) is 0 Å². The predicted octanol–water partition coefficient (Wildman–Crippen LogP) is 3.38. The lowest BCUT2D eigenvalue weighted by molar-refractivity contribution is -0.130. The van der Waals surface area contributed by atoms with E-state index in [1.54, 1.807) is 29.2 Å². The average molecular weight is 504 g/mol. The van der Waals surface area contributed by atoms with Gasteiger partial charge in [0.1, 0.15) is 5.75 Å². The molecule has 0 bridgehead atoms. The lowest BCUT2D eigenvalue weighted by Crippen LogP contribution is -2.49. The highest BCUT2D eigenvalue weighted by atomic mass is 32.2. The van der Waals surface area contributed by atoms with Crippen molar-refractivity contribution in [3.63, 3.8) is 0 Å². The van der Waals surface area contributed by atoms with E-state index in [9.17, 15) is 18.0 Å². The zero-order valence-electron chi connectivity index (χ0n) is 21.1. The molecule has 1 saturated heterocycles. The summed E-state index contributed by atoms with van der Waals surface area (Å²) < 4.78 is 32.0. The van der Waals surface area contributed by atoms with E-state index in [1.165, 1.54) is 16.8 Å². The molecule has 9 heteroatoms. The summed E-state index contributed by atoms with van der Waals surface area (Å²) in [7, 11) is -3.51. The second-order valence-electron chi connectivity index (χ2n) is 8.63. The van der Waals surface area contributed by atoms with E-state index in [0.29, 0.717) is 51.0 Å². The monoisotopic (exact) mass is 503 g/mol. The summed E-state index contributed by atoms with van der Waals surface area (Å²) in [5.41, 5.74) is 2.46. The summed E-state index contributed by atoms with van der Waals surface area (Å²) in [6.45, 7) is 10.6. The molecule has 1 aliphatic rings. The van der Waals surface area contributed by atoms with Gasteiger partial charge in [0.2, 0.25) is 22.3 Å². The molecular weight excluding hydrogens is 466 g/mol. The van der Waals surface area contributed by atoms with Crippen molar-refractivity contribution < 1.29 is 22.7 Å². The van der Waals surface area contributed by atoms with Crippen molar-refractivity contribution in [3.05, 3.63) is 59.7 Å². The fraction of sp³-hybridized carbons (Fsp3) is 0.462. The van der Waals surface area contributed by atoms with Gasteiger partial charge in [-0.1, -0.05) is 45.0 Å². The quantitative estimate of drug-likeness (QED) is 0.529. The molecule has 192 valence electrons. The van der Waals surface area contributed by atoms with Crippen LogP contribution in [0, 0.1) is 0 Å². The number of benzene rings is 2. The largest absolute Gasteiger partial charge is 0.494 e. The van der Waals surface area contributed by atoms with Gasteiger partial charge in [-0.3, -0.25) is 9.59 Å². The van der Waals surface area contributed by atoms with Crippen LogP contribution in [0.5, 0.6) is 5.75 Å². The Labute approximate surface area is 209 Å². The topological polar surface area (TPSA) is 96.0 Å². The van der Waals surface area contributed by atoms with Gasteiger partial charge in [-0.2, -0.15) is 4.31 Å². The molecule has 35 heavy (non-hydrogen) atoms. The smallest absolute Gasteiger partial charge is 0.243 e. The van der Waals surface area contributed by atoms with Crippen LogP contribution in [0.1, 0.15) is 51.2 Å².